The SMILES string of the molecule is CC(OC(C)(C)C)C(NS(=O)Oc1ccc([N+](=O)[O-])cc1)C(=O)OC(C)(C)C. The number of nitro benzene ring substituents is 1. The fourth-order valence-electron chi connectivity index (χ4n) is 2.17. The second-order valence-corrected chi connectivity index (χ2v) is 9.01. The monoisotopic (exact) mass is 416 g/mol. The minimum absolute atomic E-state index is 0.120. The number of nitrogens with zero attached hydrogens (tertiary/aromatic N) is 1. The lowest BCUT2D eigenvalue weighted by molar-refractivity contribution is -0.384. The standard InChI is InChI=1S/C18H28N2O7S/c1-12(25-17(2,3)4)15(16(21)26-18(5,6)7)19-28(24)27-14-10-8-13(9-11-14)20(22)23/h8-12,15,19H,1-7H3. The van der Waals surface area contributed by atoms with Crippen LogP contribution in [0.15, 0.2) is 24.3 Å². The van der Waals surface area contributed by atoms with Gasteiger partial charge >= 0.3 is 5.97 Å². The number of esters is 1. The number of benzene rings is 1. The lowest BCUT2D eigenvalue weighted by Crippen LogP contribution is -2.51. The molecular formula is C18H28N2O7S. The summed E-state index contributed by atoms with van der Waals surface area (Å²) in [5, 5.41) is 10.7. The molecule has 3 atom stereocenters. The molecule has 0 fully saturated rings. The van der Waals surface area contributed by atoms with E-state index in [4.69, 9.17) is 13.7 Å². The van der Waals surface area contributed by atoms with Crippen molar-refractivity contribution in [3.63, 3.8) is 0 Å². The molecule has 158 valence electrons. The van der Waals surface area contributed by atoms with Crippen LogP contribution in [0.2, 0.25) is 0 Å². The number of hydrogen-bond acceptors (Lipinski definition) is 7. The Morgan fingerprint density at radius 2 is 1.64 bits per heavy atom. The van der Waals surface area contributed by atoms with E-state index in [1.54, 1.807) is 27.7 Å². The quantitative estimate of drug-likeness (QED) is 0.393. The van der Waals surface area contributed by atoms with Crippen LogP contribution in [-0.4, -0.2) is 38.4 Å². The van der Waals surface area contributed by atoms with Crippen molar-refractivity contribution in [1.29, 1.82) is 0 Å². The minimum atomic E-state index is -2.12. The molecule has 1 rings (SSSR count). The number of non-ortho nitro benzene ring substituents is 1. The number of nitrogens with one attached hydrogen (secondary N) is 1. The van der Waals surface area contributed by atoms with Gasteiger partial charge in [-0.3, -0.25) is 14.9 Å². The topological polar surface area (TPSA) is 117 Å². The van der Waals surface area contributed by atoms with E-state index in [1.165, 1.54) is 24.3 Å². The van der Waals surface area contributed by atoms with Crippen LogP contribution in [-0.2, 0) is 25.5 Å². The van der Waals surface area contributed by atoms with Gasteiger partial charge in [-0.2, -0.15) is 8.93 Å². The van der Waals surface area contributed by atoms with E-state index in [-0.39, 0.29) is 11.4 Å². The van der Waals surface area contributed by atoms with Crippen LogP contribution >= 0.6 is 0 Å². The van der Waals surface area contributed by atoms with Crippen molar-refractivity contribution in [3.05, 3.63) is 34.4 Å². The van der Waals surface area contributed by atoms with Crippen molar-refractivity contribution in [1.82, 2.24) is 4.72 Å². The minimum Gasteiger partial charge on any atom is -0.459 e. The Labute approximate surface area is 167 Å². The Kier molecular flexibility index (Phi) is 8.09. The Balaban J connectivity index is 2.89. The third-order valence-corrected chi connectivity index (χ3v) is 3.90. The van der Waals surface area contributed by atoms with Gasteiger partial charge in [0.2, 0.25) is 0 Å². The van der Waals surface area contributed by atoms with E-state index in [2.05, 4.69) is 4.72 Å². The Morgan fingerprint density at radius 1 is 1.11 bits per heavy atom. The highest BCUT2D eigenvalue weighted by Crippen LogP contribution is 2.19. The zero-order valence-corrected chi connectivity index (χ0v) is 18.0. The molecule has 0 aromatic heterocycles. The van der Waals surface area contributed by atoms with Gasteiger partial charge < -0.3 is 13.7 Å². The molecule has 0 aliphatic carbocycles. The van der Waals surface area contributed by atoms with Crippen LogP contribution in [0.3, 0.4) is 0 Å². The molecule has 0 heterocycles. The van der Waals surface area contributed by atoms with E-state index >= 15 is 0 Å². The summed E-state index contributed by atoms with van der Waals surface area (Å²) in [4.78, 5) is 22.7. The summed E-state index contributed by atoms with van der Waals surface area (Å²) in [5.74, 6) is -0.492. The fourth-order valence-corrected chi connectivity index (χ4v) is 2.99. The smallest absolute Gasteiger partial charge is 0.327 e. The maximum Gasteiger partial charge on any atom is 0.327 e. The molecule has 1 aromatic carbocycles. The normalized spacial score (nSPS) is 15.4. The zero-order chi connectivity index (χ0) is 21.7. The van der Waals surface area contributed by atoms with Crippen LogP contribution in [0, 0.1) is 10.1 Å². The molecule has 0 amide bonds. The summed E-state index contributed by atoms with van der Waals surface area (Å²) < 4.78 is 31.3. The first kappa shape index (κ1) is 24.0. The maximum absolute atomic E-state index is 12.6. The average Bonchev–Trinajstić information content (AvgIpc) is 2.49. The molecule has 1 N–H and O–H groups in total. The molecule has 28 heavy (non-hydrogen) atoms. The van der Waals surface area contributed by atoms with Crippen LogP contribution < -0.4 is 8.91 Å². The highest BCUT2D eigenvalue weighted by Gasteiger charge is 2.34. The number of rotatable bonds is 8. The van der Waals surface area contributed by atoms with Gasteiger partial charge in [0.1, 0.15) is 17.4 Å². The van der Waals surface area contributed by atoms with Gasteiger partial charge in [0.25, 0.3) is 17.0 Å². The predicted molar refractivity (Wildman–Crippen MR) is 105 cm³/mol. The first-order valence-corrected chi connectivity index (χ1v) is 9.77. The molecule has 3 unspecified atom stereocenters. The van der Waals surface area contributed by atoms with E-state index in [9.17, 15) is 19.1 Å². The number of nitro groups is 1. The van der Waals surface area contributed by atoms with Crippen molar-refractivity contribution < 1.29 is 27.6 Å². The molecule has 0 spiro atoms. The summed E-state index contributed by atoms with van der Waals surface area (Å²) in [6.45, 7) is 12.3. The van der Waals surface area contributed by atoms with E-state index in [1.807, 2.05) is 20.8 Å². The maximum atomic E-state index is 12.6. The Hall–Kier alpha value is -2.04. The summed E-state index contributed by atoms with van der Waals surface area (Å²) >= 11 is -2.12. The van der Waals surface area contributed by atoms with Crippen molar-refractivity contribution >= 4 is 22.9 Å². The van der Waals surface area contributed by atoms with Gasteiger partial charge in [-0.05, 0) is 60.6 Å². The summed E-state index contributed by atoms with van der Waals surface area (Å²) in [7, 11) is 0. The summed E-state index contributed by atoms with van der Waals surface area (Å²) in [6, 6.07) is 4.02. The van der Waals surface area contributed by atoms with Crippen LogP contribution in [0.5, 0.6) is 5.75 Å². The van der Waals surface area contributed by atoms with Crippen LogP contribution in [0.1, 0.15) is 48.5 Å². The molecule has 0 radical (unpaired) electrons. The van der Waals surface area contributed by atoms with Crippen molar-refractivity contribution in [2.75, 3.05) is 0 Å². The fraction of sp³-hybridized carbons (Fsp3) is 0.611. The van der Waals surface area contributed by atoms with Crippen LogP contribution in [0.4, 0.5) is 5.69 Å². The van der Waals surface area contributed by atoms with E-state index in [0.29, 0.717) is 0 Å². The molecule has 0 aliphatic heterocycles. The van der Waals surface area contributed by atoms with Crippen molar-refractivity contribution in [3.8, 4) is 5.75 Å². The van der Waals surface area contributed by atoms with Gasteiger partial charge in [0.15, 0.2) is 0 Å². The second kappa shape index (κ2) is 9.44. The lowest BCUT2D eigenvalue weighted by atomic mass is 10.1. The molecule has 1 aromatic rings. The summed E-state index contributed by atoms with van der Waals surface area (Å²) in [5.41, 5.74) is -1.40. The van der Waals surface area contributed by atoms with E-state index in [0.717, 1.165) is 0 Å². The van der Waals surface area contributed by atoms with Gasteiger partial charge in [0.05, 0.1) is 16.6 Å². The molecule has 10 heteroatoms. The molecule has 0 aliphatic rings. The van der Waals surface area contributed by atoms with Gasteiger partial charge in [-0.25, -0.2) is 0 Å². The Morgan fingerprint density at radius 3 is 2.07 bits per heavy atom. The lowest BCUT2D eigenvalue weighted by Gasteiger charge is -2.31. The number of carbonyl (C=O) groups is 1. The third kappa shape index (κ3) is 8.77. The second-order valence-electron chi connectivity index (χ2n) is 8.13. The first-order chi connectivity index (χ1) is 12.7. The predicted octanol–water partition coefficient (Wildman–Crippen LogP) is 3.06. The van der Waals surface area contributed by atoms with Gasteiger partial charge in [-0.1, -0.05) is 0 Å². The number of hydrogen-bond donors (Lipinski definition) is 1. The number of ether oxygens (including phenoxy) is 2. The average molecular weight is 416 g/mol. The molecular weight excluding hydrogens is 388 g/mol. The van der Waals surface area contributed by atoms with Crippen LogP contribution in [0.25, 0.3) is 0 Å². The highest BCUT2D eigenvalue weighted by atomic mass is 32.2. The summed E-state index contributed by atoms with van der Waals surface area (Å²) in [6.07, 6.45) is -0.667. The molecule has 0 bridgehead atoms. The van der Waals surface area contributed by atoms with E-state index < -0.39 is 45.5 Å². The van der Waals surface area contributed by atoms with Crippen molar-refractivity contribution in [2.45, 2.75) is 71.8 Å². The van der Waals surface area contributed by atoms with Crippen molar-refractivity contribution in [2.24, 2.45) is 0 Å². The molecule has 0 saturated heterocycles. The number of carbonyl (C=O) groups excluding carboxylic acids is 1. The molecule has 9 nitrogen and oxygen atoms in total. The highest BCUT2D eigenvalue weighted by molar-refractivity contribution is 7.78. The largest absolute Gasteiger partial charge is 0.459 e. The molecule has 0 saturated carbocycles. The first-order valence-electron chi connectivity index (χ1n) is 8.69. The third-order valence-electron chi connectivity index (χ3n) is 3.11. The van der Waals surface area contributed by atoms with Gasteiger partial charge in [0, 0.05) is 12.1 Å². The zero-order valence-electron chi connectivity index (χ0n) is 17.2. The van der Waals surface area contributed by atoms with Gasteiger partial charge in [-0.15, -0.1) is 0 Å². The Bertz CT molecular complexity index is 708.